The van der Waals surface area contributed by atoms with Gasteiger partial charge in [0.15, 0.2) is 0 Å². The summed E-state index contributed by atoms with van der Waals surface area (Å²) >= 11 is 0. The molecular weight excluding hydrogens is 266 g/mol. The van der Waals surface area contributed by atoms with Gasteiger partial charge in [0.2, 0.25) is 0 Å². The Balaban J connectivity index is 1.81. The van der Waals surface area contributed by atoms with Crippen molar-refractivity contribution in [1.82, 2.24) is 5.32 Å². The lowest BCUT2D eigenvalue weighted by Gasteiger charge is -2.15. The molecule has 0 saturated carbocycles. The van der Waals surface area contributed by atoms with Gasteiger partial charge in [-0.1, -0.05) is 18.2 Å². The van der Waals surface area contributed by atoms with Gasteiger partial charge >= 0.3 is 0 Å². The minimum Gasteiger partial charge on any atom is -0.497 e. The summed E-state index contributed by atoms with van der Waals surface area (Å²) in [5.41, 5.74) is 0.647. The molecule has 4 heteroatoms. The van der Waals surface area contributed by atoms with Crippen LogP contribution >= 0.6 is 0 Å². The van der Waals surface area contributed by atoms with E-state index in [1.54, 1.807) is 19.2 Å². The average Bonchev–Trinajstić information content (AvgIpc) is 2.54. The van der Waals surface area contributed by atoms with Gasteiger partial charge in [-0.15, -0.1) is 0 Å². The van der Waals surface area contributed by atoms with Crippen molar-refractivity contribution in [2.24, 2.45) is 0 Å². The van der Waals surface area contributed by atoms with Crippen molar-refractivity contribution < 1.29 is 14.3 Å². The smallest absolute Gasteiger partial charge is 0.251 e. The Labute approximate surface area is 124 Å². The van der Waals surface area contributed by atoms with Crippen molar-refractivity contribution in [3.05, 3.63) is 60.2 Å². The highest BCUT2D eigenvalue weighted by molar-refractivity contribution is 5.94. The van der Waals surface area contributed by atoms with Crippen LogP contribution in [0.3, 0.4) is 0 Å². The lowest BCUT2D eigenvalue weighted by atomic mass is 10.2. The fourth-order valence-electron chi connectivity index (χ4n) is 1.83. The quantitative estimate of drug-likeness (QED) is 0.887. The predicted octanol–water partition coefficient (Wildman–Crippen LogP) is 2.89. The zero-order valence-electron chi connectivity index (χ0n) is 12.2. The van der Waals surface area contributed by atoms with Crippen LogP contribution in [0.2, 0.25) is 0 Å². The maximum Gasteiger partial charge on any atom is 0.251 e. The van der Waals surface area contributed by atoms with E-state index < -0.39 is 0 Å². The Kier molecular flexibility index (Phi) is 5.21. The number of carbonyl (C=O) groups is 1. The average molecular weight is 285 g/mol. The van der Waals surface area contributed by atoms with E-state index in [4.69, 9.17) is 9.47 Å². The fraction of sp³-hybridized carbons (Fsp3) is 0.235. The summed E-state index contributed by atoms with van der Waals surface area (Å²) in [6.45, 7) is 2.31. The normalized spacial score (nSPS) is 11.5. The van der Waals surface area contributed by atoms with E-state index in [2.05, 4.69) is 5.32 Å². The van der Waals surface area contributed by atoms with Crippen LogP contribution in [0.5, 0.6) is 11.5 Å². The maximum absolute atomic E-state index is 12.0. The third kappa shape index (κ3) is 4.53. The van der Waals surface area contributed by atoms with Crippen molar-refractivity contribution in [2.75, 3.05) is 13.7 Å². The molecule has 0 spiro atoms. The maximum atomic E-state index is 12.0. The second-order valence-electron chi connectivity index (χ2n) is 4.73. The van der Waals surface area contributed by atoms with E-state index in [0.29, 0.717) is 12.2 Å². The minimum absolute atomic E-state index is 0.0835. The lowest BCUT2D eigenvalue weighted by Crippen LogP contribution is -2.36. The Morgan fingerprint density at radius 2 is 1.67 bits per heavy atom. The van der Waals surface area contributed by atoms with Crippen molar-refractivity contribution in [1.29, 1.82) is 0 Å². The van der Waals surface area contributed by atoms with Crippen LogP contribution in [0.25, 0.3) is 0 Å². The molecule has 0 aliphatic rings. The summed E-state index contributed by atoms with van der Waals surface area (Å²) in [7, 11) is 1.62. The molecule has 1 amide bonds. The first-order chi connectivity index (χ1) is 10.2. The first-order valence-corrected chi connectivity index (χ1v) is 6.82. The lowest BCUT2D eigenvalue weighted by molar-refractivity contribution is 0.0926. The molecule has 0 aliphatic heterocycles. The van der Waals surface area contributed by atoms with Gasteiger partial charge in [-0.05, 0) is 43.3 Å². The van der Waals surface area contributed by atoms with Crippen LogP contribution in [-0.2, 0) is 0 Å². The zero-order chi connectivity index (χ0) is 15.1. The van der Waals surface area contributed by atoms with Gasteiger partial charge in [-0.3, -0.25) is 4.79 Å². The molecular formula is C17H19NO3. The van der Waals surface area contributed by atoms with E-state index in [9.17, 15) is 4.79 Å². The molecule has 110 valence electrons. The highest BCUT2D eigenvalue weighted by atomic mass is 16.5. The molecule has 0 aromatic heterocycles. The van der Waals surface area contributed by atoms with Crippen LogP contribution in [-0.4, -0.2) is 25.7 Å². The first kappa shape index (κ1) is 14.9. The largest absolute Gasteiger partial charge is 0.497 e. The van der Waals surface area contributed by atoms with E-state index in [-0.39, 0.29) is 11.9 Å². The minimum atomic E-state index is -0.0959. The number of ether oxygens (including phenoxy) is 2. The number of carbonyl (C=O) groups excluding carboxylic acids is 1. The number of nitrogens with one attached hydrogen (secondary N) is 1. The van der Waals surface area contributed by atoms with Crippen molar-refractivity contribution in [3.8, 4) is 11.5 Å². The Hall–Kier alpha value is -2.49. The number of amides is 1. The van der Waals surface area contributed by atoms with E-state index in [1.807, 2.05) is 49.4 Å². The number of benzene rings is 2. The molecule has 0 bridgehead atoms. The molecule has 2 aromatic carbocycles. The third-order valence-electron chi connectivity index (χ3n) is 2.97. The number of hydrogen-bond donors (Lipinski definition) is 1. The van der Waals surface area contributed by atoms with Crippen LogP contribution in [0.4, 0.5) is 0 Å². The Bertz CT molecular complexity index is 566. The summed E-state index contributed by atoms with van der Waals surface area (Å²) in [5, 5.41) is 2.90. The van der Waals surface area contributed by atoms with Crippen LogP contribution in [0.15, 0.2) is 54.6 Å². The molecule has 2 rings (SSSR count). The van der Waals surface area contributed by atoms with Gasteiger partial charge in [-0.2, -0.15) is 0 Å². The third-order valence-corrected chi connectivity index (χ3v) is 2.97. The number of rotatable bonds is 6. The monoisotopic (exact) mass is 285 g/mol. The molecule has 21 heavy (non-hydrogen) atoms. The summed E-state index contributed by atoms with van der Waals surface area (Å²) in [6.07, 6.45) is 0. The summed E-state index contributed by atoms with van der Waals surface area (Å²) in [5.74, 6) is 1.44. The van der Waals surface area contributed by atoms with E-state index >= 15 is 0 Å². The van der Waals surface area contributed by atoms with Gasteiger partial charge in [0.05, 0.1) is 13.2 Å². The molecule has 4 nitrogen and oxygen atoms in total. The van der Waals surface area contributed by atoms with Crippen molar-refractivity contribution in [2.45, 2.75) is 13.0 Å². The highest BCUT2D eigenvalue weighted by Gasteiger charge is 2.09. The Morgan fingerprint density at radius 1 is 1.05 bits per heavy atom. The van der Waals surface area contributed by atoms with Crippen LogP contribution in [0, 0.1) is 0 Å². The van der Waals surface area contributed by atoms with Gasteiger partial charge in [0.1, 0.15) is 18.1 Å². The zero-order valence-corrected chi connectivity index (χ0v) is 12.2. The number of hydrogen-bond acceptors (Lipinski definition) is 3. The van der Waals surface area contributed by atoms with Crippen LogP contribution < -0.4 is 14.8 Å². The summed E-state index contributed by atoms with van der Waals surface area (Å²) < 4.78 is 10.7. The molecule has 0 unspecified atom stereocenters. The van der Waals surface area contributed by atoms with Crippen LogP contribution in [0.1, 0.15) is 17.3 Å². The molecule has 0 fully saturated rings. The second kappa shape index (κ2) is 7.33. The van der Waals surface area contributed by atoms with Crippen molar-refractivity contribution >= 4 is 5.91 Å². The summed E-state index contributed by atoms with van der Waals surface area (Å²) in [6, 6.07) is 16.4. The molecule has 0 saturated heterocycles. The van der Waals surface area contributed by atoms with Gasteiger partial charge in [0.25, 0.3) is 5.91 Å². The van der Waals surface area contributed by atoms with Gasteiger partial charge < -0.3 is 14.8 Å². The van der Waals surface area contributed by atoms with E-state index in [0.717, 1.165) is 11.5 Å². The molecule has 0 aliphatic carbocycles. The van der Waals surface area contributed by atoms with E-state index in [1.165, 1.54) is 0 Å². The summed E-state index contributed by atoms with van der Waals surface area (Å²) in [4.78, 5) is 12.0. The SMILES string of the molecule is COc1ccc(OC[C@H](C)NC(=O)c2ccccc2)cc1. The second-order valence-corrected chi connectivity index (χ2v) is 4.73. The number of methoxy groups -OCH3 is 1. The standard InChI is InChI=1S/C17H19NO3/c1-13(18-17(19)14-6-4-3-5-7-14)12-21-16-10-8-15(20-2)9-11-16/h3-11,13H,12H2,1-2H3,(H,18,19)/t13-/m0/s1. The molecule has 1 atom stereocenters. The highest BCUT2D eigenvalue weighted by Crippen LogP contribution is 2.17. The topological polar surface area (TPSA) is 47.6 Å². The molecule has 0 heterocycles. The van der Waals surface area contributed by atoms with Crippen molar-refractivity contribution in [3.63, 3.8) is 0 Å². The fourth-order valence-corrected chi connectivity index (χ4v) is 1.83. The van der Waals surface area contributed by atoms with Gasteiger partial charge in [-0.25, -0.2) is 0 Å². The molecule has 0 radical (unpaired) electrons. The molecule has 2 aromatic rings. The molecule has 1 N–H and O–H groups in total. The Morgan fingerprint density at radius 3 is 2.29 bits per heavy atom. The van der Waals surface area contributed by atoms with Gasteiger partial charge in [0, 0.05) is 5.56 Å². The first-order valence-electron chi connectivity index (χ1n) is 6.82. The predicted molar refractivity (Wildman–Crippen MR) is 81.9 cm³/mol.